The van der Waals surface area contributed by atoms with Gasteiger partial charge in [0.2, 0.25) is 0 Å². The zero-order valence-corrected chi connectivity index (χ0v) is 23.3. The first-order valence-corrected chi connectivity index (χ1v) is 14.8. The van der Waals surface area contributed by atoms with Gasteiger partial charge in [0.15, 0.2) is 5.78 Å². The maximum absolute atomic E-state index is 11.9. The van der Waals surface area contributed by atoms with Crippen molar-refractivity contribution < 1.29 is 4.79 Å². The van der Waals surface area contributed by atoms with Gasteiger partial charge in [0, 0.05) is 51.2 Å². The summed E-state index contributed by atoms with van der Waals surface area (Å²) in [5, 5.41) is 13.7. The number of hydrogen-bond acceptors (Lipinski definition) is 5. The van der Waals surface area contributed by atoms with Crippen LogP contribution in [0, 0.1) is 5.92 Å². The van der Waals surface area contributed by atoms with E-state index in [2.05, 4.69) is 68.9 Å². The molecule has 0 bridgehead atoms. The highest BCUT2D eigenvalue weighted by Gasteiger charge is 2.16. The number of fused-ring (bicyclic) bond motifs is 2. The van der Waals surface area contributed by atoms with E-state index in [4.69, 9.17) is 5.10 Å². The van der Waals surface area contributed by atoms with Crippen LogP contribution in [0.15, 0.2) is 73.1 Å². The Kier molecular flexibility index (Phi) is 6.54. The summed E-state index contributed by atoms with van der Waals surface area (Å²) in [6.45, 7) is 3.54. The van der Waals surface area contributed by atoms with E-state index in [0.717, 1.165) is 78.6 Å². The normalized spacial score (nSPS) is 14.0. The molecular weight excluding hydrogens is 514 g/mol. The Morgan fingerprint density at radius 3 is 2.73 bits per heavy atom. The van der Waals surface area contributed by atoms with Crippen molar-refractivity contribution in [1.82, 2.24) is 25.5 Å². The molecule has 6 aromatic rings. The molecule has 0 spiro atoms. The van der Waals surface area contributed by atoms with Crippen LogP contribution in [0.1, 0.15) is 47.8 Å². The molecule has 0 radical (unpaired) electrons. The fourth-order valence-corrected chi connectivity index (χ4v) is 6.89. The van der Waals surface area contributed by atoms with Crippen molar-refractivity contribution in [3.8, 4) is 33.0 Å². The average Bonchev–Trinajstić information content (AvgIpc) is 3.78. The van der Waals surface area contributed by atoms with Crippen LogP contribution in [-0.4, -0.2) is 32.5 Å². The van der Waals surface area contributed by atoms with Gasteiger partial charge in [-0.05, 0) is 85.8 Å². The Hall–Kier alpha value is -4.07. The summed E-state index contributed by atoms with van der Waals surface area (Å²) >= 11 is 1.53. The number of benzene rings is 2. The number of aromatic amines is 2. The van der Waals surface area contributed by atoms with E-state index in [9.17, 15) is 4.79 Å². The molecular formula is C33H31N5OS. The van der Waals surface area contributed by atoms with Gasteiger partial charge in [-0.15, -0.1) is 11.3 Å². The minimum Gasteiger partial charge on any atom is -0.353 e. The number of rotatable bonds is 8. The van der Waals surface area contributed by atoms with Gasteiger partial charge in [0.05, 0.1) is 16.1 Å². The van der Waals surface area contributed by atoms with Crippen LogP contribution in [-0.2, 0) is 6.54 Å². The zero-order valence-electron chi connectivity index (χ0n) is 22.5. The third-order valence-electron chi connectivity index (χ3n) is 8.07. The number of H-pyrrole nitrogens is 2. The molecule has 7 rings (SSSR count). The molecule has 4 heterocycles. The van der Waals surface area contributed by atoms with Crippen LogP contribution >= 0.6 is 11.3 Å². The summed E-state index contributed by atoms with van der Waals surface area (Å²) in [4.78, 5) is 21.9. The number of carbonyl (C=O) groups excluding carboxylic acids is 1. The molecule has 1 aliphatic rings. The Morgan fingerprint density at radius 1 is 0.975 bits per heavy atom. The monoisotopic (exact) mass is 545 g/mol. The van der Waals surface area contributed by atoms with Crippen LogP contribution in [0.5, 0.6) is 0 Å². The molecule has 0 atom stereocenters. The second kappa shape index (κ2) is 10.5. The number of aromatic nitrogens is 4. The molecule has 40 heavy (non-hydrogen) atoms. The van der Waals surface area contributed by atoms with Crippen LogP contribution in [0.3, 0.4) is 0 Å². The largest absolute Gasteiger partial charge is 0.353 e. The lowest BCUT2D eigenvalue weighted by atomic mass is 10.0. The molecule has 7 heteroatoms. The van der Waals surface area contributed by atoms with Crippen LogP contribution in [0.4, 0.5) is 0 Å². The minimum atomic E-state index is 0.0954. The third-order valence-corrected chi connectivity index (χ3v) is 9.29. The van der Waals surface area contributed by atoms with Crippen LogP contribution in [0.2, 0.25) is 0 Å². The van der Waals surface area contributed by atoms with Gasteiger partial charge in [0.1, 0.15) is 5.69 Å². The number of carbonyl (C=O) groups is 1. The second-order valence-electron chi connectivity index (χ2n) is 10.9. The van der Waals surface area contributed by atoms with Gasteiger partial charge in [-0.2, -0.15) is 5.10 Å². The lowest BCUT2D eigenvalue weighted by Crippen LogP contribution is -2.20. The van der Waals surface area contributed by atoms with Crippen molar-refractivity contribution in [2.45, 2.75) is 39.2 Å². The van der Waals surface area contributed by atoms with E-state index in [1.54, 1.807) is 6.92 Å². The predicted octanol–water partition coefficient (Wildman–Crippen LogP) is 7.98. The number of ketones is 1. The summed E-state index contributed by atoms with van der Waals surface area (Å²) in [6.07, 6.45) is 9.35. The maximum Gasteiger partial charge on any atom is 0.169 e. The fraction of sp³-hybridized carbons (Fsp3) is 0.242. The van der Waals surface area contributed by atoms with Crippen molar-refractivity contribution in [1.29, 1.82) is 0 Å². The van der Waals surface area contributed by atoms with Crippen molar-refractivity contribution in [2.75, 3.05) is 6.54 Å². The van der Waals surface area contributed by atoms with E-state index < -0.39 is 0 Å². The number of hydrogen-bond donors (Lipinski definition) is 3. The van der Waals surface area contributed by atoms with Gasteiger partial charge in [-0.25, -0.2) is 0 Å². The summed E-state index contributed by atoms with van der Waals surface area (Å²) in [7, 11) is 0. The standard InChI is InChI=1S/C33H31N5OS/c1-20(39)31-11-12-32(40-31)25-7-4-8-28-26(25)15-30(36-28)33-27-14-23(9-10-29(27)37-38-33)24-13-22(18-35-19-24)17-34-16-21-5-2-3-6-21/h4,7-15,18-19,21,34,36H,2-3,5-6,16-17H2,1H3,(H,37,38). The van der Waals surface area contributed by atoms with Gasteiger partial charge in [-0.1, -0.05) is 31.0 Å². The van der Waals surface area contributed by atoms with E-state index in [1.807, 2.05) is 24.5 Å². The van der Waals surface area contributed by atoms with Crippen LogP contribution in [0.25, 0.3) is 54.8 Å². The number of nitrogens with zero attached hydrogens (tertiary/aromatic N) is 2. The van der Waals surface area contributed by atoms with Crippen molar-refractivity contribution in [2.24, 2.45) is 5.92 Å². The first-order valence-electron chi connectivity index (χ1n) is 14.0. The molecule has 1 aliphatic carbocycles. The van der Waals surface area contributed by atoms with E-state index >= 15 is 0 Å². The second-order valence-corrected chi connectivity index (χ2v) is 11.9. The number of pyridine rings is 1. The maximum atomic E-state index is 11.9. The third kappa shape index (κ3) is 4.76. The van der Waals surface area contributed by atoms with E-state index in [-0.39, 0.29) is 5.78 Å². The molecule has 1 saturated carbocycles. The van der Waals surface area contributed by atoms with Gasteiger partial charge < -0.3 is 10.3 Å². The van der Waals surface area contributed by atoms with Crippen molar-refractivity contribution in [3.05, 3.63) is 83.5 Å². The molecule has 200 valence electrons. The van der Waals surface area contributed by atoms with E-state index in [1.165, 1.54) is 42.6 Å². The highest BCUT2D eigenvalue weighted by atomic mass is 32.1. The first-order chi connectivity index (χ1) is 19.6. The van der Waals surface area contributed by atoms with E-state index in [0.29, 0.717) is 0 Å². The molecule has 0 aliphatic heterocycles. The Labute approximate surface area is 236 Å². The Morgan fingerprint density at radius 2 is 1.88 bits per heavy atom. The highest BCUT2D eigenvalue weighted by Crippen LogP contribution is 2.37. The highest BCUT2D eigenvalue weighted by molar-refractivity contribution is 7.17. The van der Waals surface area contributed by atoms with Crippen LogP contribution < -0.4 is 5.32 Å². The summed E-state index contributed by atoms with van der Waals surface area (Å²) in [5.74, 6) is 0.917. The SMILES string of the molecule is CC(=O)c1ccc(-c2cccc3[nH]c(-c4n[nH]c5ccc(-c6cncc(CNCC7CCCC7)c6)cc45)cc23)s1. The molecule has 2 aromatic carbocycles. The topological polar surface area (TPSA) is 86.5 Å². The van der Waals surface area contributed by atoms with Gasteiger partial charge >= 0.3 is 0 Å². The number of nitrogens with one attached hydrogen (secondary N) is 3. The molecule has 4 aromatic heterocycles. The summed E-state index contributed by atoms with van der Waals surface area (Å²) in [5.41, 5.74) is 8.41. The van der Waals surface area contributed by atoms with Gasteiger partial charge in [-0.3, -0.25) is 14.9 Å². The smallest absolute Gasteiger partial charge is 0.169 e. The quantitative estimate of drug-likeness (QED) is 0.169. The lowest BCUT2D eigenvalue weighted by molar-refractivity contribution is 0.102. The zero-order chi connectivity index (χ0) is 27.1. The first kappa shape index (κ1) is 24.9. The lowest BCUT2D eigenvalue weighted by Gasteiger charge is -2.11. The Bertz CT molecular complexity index is 1840. The number of thiophene rings is 1. The van der Waals surface area contributed by atoms with Crippen molar-refractivity contribution in [3.63, 3.8) is 0 Å². The minimum absolute atomic E-state index is 0.0954. The molecule has 1 fully saturated rings. The molecule has 0 unspecified atom stereocenters. The summed E-state index contributed by atoms with van der Waals surface area (Å²) < 4.78 is 0. The number of Topliss-reactive ketones (excluding diaryl/α,β-unsaturated/α-hetero) is 1. The Balaban J connectivity index is 1.20. The molecule has 6 nitrogen and oxygen atoms in total. The molecule has 0 amide bonds. The molecule has 0 saturated heterocycles. The molecule has 3 N–H and O–H groups in total. The van der Waals surface area contributed by atoms with Crippen molar-refractivity contribution >= 4 is 38.9 Å². The average molecular weight is 546 g/mol. The summed E-state index contributed by atoms with van der Waals surface area (Å²) in [6, 6.07) is 21.0. The van der Waals surface area contributed by atoms with Gasteiger partial charge in [0.25, 0.3) is 0 Å². The predicted molar refractivity (Wildman–Crippen MR) is 164 cm³/mol. The fourth-order valence-electron chi connectivity index (χ4n) is 5.95.